The van der Waals surface area contributed by atoms with Crippen LogP contribution < -0.4 is 4.74 Å². The van der Waals surface area contributed by atoms with E-state index in [9.17, 15) is 9.59 Å². The number of nitrogens with zero attached hydrogens (tertiary/aromatic N) is 1. The fraction of sp³-hybridized carbons (Fsp3) is 0.312. The number of hydrogen-bond acceptors (Lipinski definition) is 6. The van der Waals surface area contributed by atoms with Crippen molar-refractivity contribution in [2.45, 2.75) is 20.0 Å². The van der Waals surface area contributed by atoms with Gasteiger partial charge in [0.2, 0.25) is 0 Å². The van der Waals surface area contributed by atoms with E-state index in [4.69, 9.17) is 14.2 Å². The molecule has 1 aromatic carbocycles. The van der Waals surface area contributed by atoms with Crippen LogP contribution in [0.1, 0.15) is 13.8 Å². The first-order valence-electron chi connectivity index (χ1n) is 7.01. The number of fused-ring (bicyclic) bond motifs is 1. The average molecular weight is 303 g/mol. The molecule has 0 radical (unpaired) electrons. The molecule has 0 saturated heterocycles. The maximum absolute atomic E-state index is 11.9. The van der Waals surface area contributed by atoms with Crippen LogP contribution in [0.5, 0.6) is 5.75 Å². The molecule has 22 heavy (non-hydrogen) atoms. The highest BCUT2D eigenvalue weighted by molar-refractivity contribution is 5.99. The highest BCUT2D eigenvalue weighted by Gasteiger charge is 2.32. The molecule has 0 aliphatic rings. The molecule has 0 spiro atoms. The van der Waals surface area contributed by atoms with Gasteiger partial charge in [-0.05, 0) is 26.0 Å². The summed E-state index contributed by atoms with van der Waals surface area (Å²) in [5.74, 6) is -1.24. The van der Waals surface area contributed by atoms with Gasteiger partial charge >= 0.3 is 11.9 Å². The molecule has 0 fully saturated rings. The van der Waals surface area contributed by atoms with Gasteiger partial charge in [-0.25, -0.2) is 9.59 Å². The Hall–Kier alpha value is -2.63. The number of rotatable bonds is 6. The lowest BCUT2D eigenvalue weighted by Crippen LogP contribution is -2.38. The Balaban J connectivity index is 2.32. The summed E-state index contributed by atoms with van der Waals surface area (Å²) in [5.41, 5.74) is 0.559. The lowest BCUT2D eigenvalue weighted by Gasteiger charge is -2.17. The normalized spacial score (nSPS) is 10.5. The predicted molar refractivity (Wildman–Crippen MR) is 79.4 cm³/mol. The summed E-state index contributed by atoms with van der Waals surface area (Å²) < 4.78 is 15.3. The van der Waals surface area contributed by atoms with Gasteiger partial charge in [-0.3, -0.25) is 4.98 Å². The van der Waals surface area contributed by atoms with E-state index in [-0.39, 0.29) is 13.2 Å². The second-order valence-electron chi connectivity index (χ2n) is 4.33. The zero-order valence-corrected chi connectivity index (χ0v) is 12.4. The Morgan fingerprint density at radius 3 is 2.32 bits per heavy atom. The molecule has 0 unspecified atom stereocenters. The molecule has 0 aliphatic carbocycles. The van der Waals surface area contributed by atoms with Gasteiger partial charge in [0.25, 0.3) is 6.10 Å². The minimum Gasteiger partial charge on any atom is -0.464 e. The lowest BCUT2D eigenvalue weighted by molar-refractivity contribution is -0.166. The Bertz CT molecular complexity index is 647. The van der Waals surface area contributed by atoms with Crippen LogP contribution in [-0.2, 0) is 19.1 Å². The molecule has 0 amide bonds. The second kappa shape index (κ2) is 7.40. The fourth-order valence-electron chi connectivity index (χ4n) is 1.93. The van der Waals surface area contributed by atoms with Crippen molar-refractivity contribution in [1.82, 2.24) is 4.98 Å². The number of para-hydroxylation sites is 1. The van der Waals surface area contributed by atoms with Gasteiger partial charge in [0, 0.05) is 11.6 Å². The summed E-state index contributed by atoms with van der Waals surface area (Å²) in [7, 11) is 0. The molecule has 2 rings (SSSR count). The number of hydrogen-bond donors (Lipinski definition) is 0. The average Bonchev–Trinajstić information content (AvgIpc) is 2.53. The number of esters is 2. The first kappa shape index (κ1) is 15.8. The quantitative estimate of drug-likeness (QED) is 0.601. The molecular weight excluding hydrogens is 286 g/mol. The van der Waals surface area contributed by atoms with Gasteiger partial charge in [-0.2, -0.15) is 0 Å². The highest BCUT2D eigenvalue weighted by Crippen LogP contribution is 2.24. The zero-order valence-electron chi connectivity index (χ0n) is 12.4. The summed E-state index contributed by atoms with van der Waals surface area (Å²) in [5, 5.41) is 0.839. The molecule has 0 N–H and O–H groups in total. The minimum absolute atomic E-state index is 0.145. The van der Waals surface area contributed by atoms with Gasteiger partial charge in [0.15, 0.2) is 0 Å². The van der Waals surface area contributed by atoms with Crippen LogP contribution in [-0.4, -0.2) is 36.2 Å². The van der Waals surface area contributed by atoms with Crippen molar-refractivity contribution >= 4 is 22.8 Å². The third-order valence-corrected chi connectivity index (χ3v) is 2.84. The standard InChI is InChI=1S/C16H17NO5/c1-3-20-15(18)14(16(19)21-4-2)22-12-9-5-7-11-8-6-10-17-13(11)12/h5-10,14H,3-4H2,1-2H3. The van der Waals surface area contributed by atoms with Crippen LogP contribution in [0.3, 0.4) is 0 Å². The maximum atomic E-state index is 11.9. The number of benzene rings is 1. The van der Waals surface area contributed by atoms with Crippen LogP contribution in [0.2, 0.25) is 0 Å². The molecule has 0 bridgehead atoms. The Morgan fingerprint density at radius 2 is 1.68 bits per heavy atom. The van der Waals surface area contributed by atoms with Crippen molar-refractivity contribution in [2.24, 2.45) is 0 Å². The number of aromatic nitrogens is 1. The Morgan fingerprint density at radius 1 is 1.05 bits per heavy atom. The Labute approximate surface area is 128 Å². The third kappa shape index (κ3) is 3.52. The highest BCUT2D eigenvalue weighted by atomic mass is 16.6. The number of pyridine rings is 1. The van der Waals surface area contributed by atoms with Gasteiger partial charge in [-0.1, -0.05) is 18.2 Å². The third-order valence-electron chi connectivity index (χ3n) is 2.84. The van der Waals surface area contributed by atoms with Gasteiger partial charge < -0.3 is 14.2 Å². The number of ether oxygens (including phenoxy) is 3. The SMILES string of the molecule is CCOC(=O)C(Oc1cccc2cccnc12)C(=O)OCC. The van der Waals surface area contributed by atoms with E-state index in [1.807, 2.05) is 12.1 Å². The van der Waals surface area contributed by atoms with Crippen molar-refractivity contribution in [2.75, 3.05) is 13.2 Å². The monoisotopic (exact) mass is 303 g/mol. The Kier molecular flexibility index (Phi) is 5.30. The molecule has 6 nitrogen and oxygen atoms in total. The minimum atomic E-state index is -1.47. The molecule has 1 heterocycles. The van der Waals surface area contributed by atoms with Crippen molar-refractivity contribution in [3.63, 3.8) is 0 Å². The molecule has 0 aliphatic heterocycles. The maximum Gasteiger partial charge on any atom is 0.359 e. The number of carbonyl (C=O) groups excluding carboxylic acids is 2. The van der Waals surface area contributed by atoms with Crippen LogP contribution in [0.15, 0.2) is 36.5 Å². The molecule has 6 heteroatoms. The molecule has 0 atom stereocenters. The summed E-state index contributed by atoms with van der Waals surface area (Å²) in [6.07, 6.45) is 0.145. The lowest BCUT2D eigenvalue weighted by atomic mass is 10.2. The van der Waals surface area contributed by atoms with Crippen LogP contribution in [0.4, 0.5) is 0 Å². The summed E-state index contributed by atoms with van der Waals surface area (Å²) in [4.78, 5) is 28.1. The summed E-state index contributed by atoms with van der Waals surface area (Å²) in [6, 6.07) is 8.91. The van der Waals surface area contributed by atoms with E-state index in [2.05, 4.69) is 4.98 Å². The van der Waals surface area contributed by atoms with Gasteiger partial charge in [0.1, 0.15) is 11.3 Å². The van der Waals surface area contributed by atoms with Gasteiger partial charge in [0.05, 0.1) is 13.2 Å². The van der Waals surface area contributed by atoms with E-state index < -0.39 is 18.0 Å². The van der Waals surface area contributed by atoms with Crippen LogP contribution >= 0.6 is 0 Å². The molecular formula is C16H17NO5. The number of carbonyl (C=O) groups is 2. The first-order valence-corrected chi connectivity index (χ1v) is 7.01. The van der Waals surface area contributed by atoms with Crippen molar-refractivity contribution < 1.29 is 23.8 Å². The molecule has 2 aromatic rings. The topological polar surface area (TPSA) is 74.7 Å². The summed E-state index contributed by atoms with van der Waals surface area (Å²) >= 11 is 0. The molecule has 116 valence electrons. The van der Waals surface area contributed by atoms with Gasteiger partial charge in [-0.15, -0.1) is 0 Å². The van der Waals surface area contributed by atoms with E-state index in [1.165, 1.54) is 0 Å². The van der Waals surface area contributed by atoms with E-state index in [0.717, 1.165) is 5.39 Å². The van der Waals surface area contributed by atoms with Crippen LogP contribution in [0, 0.1) is 0 Å². The van der Waals surface area contributed by atoms with E-state index in [0.29, 0.717) is 11.3 Å². The molecule has 1 aromatic heterocycles. The largest absolute Gasteiger partial charge is 0.464 e. The summed E-state index contributed by atoms with van der Waals surface area (Å²) in [6.45, 7) is 3.59. The van der Waals surface area contributed by atoms with E-state index >= 15 is 0 Å². The van der Waals surface area contributed by atoms with E-state index in [1.54, 1.807) is 38.2 Å². The van der Waals surface area contributed by atoms with Crippen molar-refractivity contribution in [3.05, 3.63) is 36.5 Å². The predicted octanol–water partition coefficient (Wildman–Crippen LogP) is 2.11. The van der Waals surface area contributed by atoms with Crippen molar-refractivity contribution in [3.8, 4) is 5.75 Å². The van der Waals surface area contributed by atoms with Crippen molar-refractivity contribution in [1.29, 1.82) is 0 Å². The first-order chi connectivity index (χ1) is 10.7. The second-order valence-corrected chi connectivity index (χ2v) is 4.33. The zero-order chi connectivity index (χ0) is 15.9. The smallest absolute Gasteiger partial charge is 0.359 e. The molecule has 0 saturated carbocycles. The fourth-order valence-corrected chi connectivity index (χ4v) is 1.93. The van der Waals surface area contributed by atoms with Crippen LogP contribution in [0.25, 0.3) is 10.9 Å².